The Labute approximate surface area is 175 Å². The molecule has 0 bridgehead atoms. The number of nitrogens with zero attached hydrogens (tertiary/aromatic N) is 3. The van der Waals surface area contributed by atoms with Crippen LogP contribution in [0.5, 0.6) is 0 Å². The summed E-state index contributed by atoms with van der Waals surface area (Å²) in [5, 5.41) is 7.60. The molecule has 1 saturated heterocycles. The first kappa shape index (κ1) is 18.9. The van der Waals surface area contributed by atoms with Crippen molar-refractivity contribution in [3.63, 3.8) is 0 Å². The zero-order valence-corrected chi connectivity index (χ0v) is 17.6. The second-order valence-corrected chi connectivity index (χ2v) is 9.26. The van der Waals surface area contributed by atoms with Gasteiger partial charge in [0.15, 0.2) is 0 Å². The number of ether oxygens (including phenoxy) is 1. The van der Waals surface area contributed by atoms with Crippen LogP contribution in [0.3, 0.4) is 0 Å². The lowest BCUT2D eigenvalue weighted by Gasteiger charge is -2.27. The zero-order valence-electron chi connectivity index (χ0n) is 15.9. The minimum atomic E-state index is -0.131. The molecule has 9 heteroatoms. The van der Waals surface area contributed by atoms with Crippen LogP contribution in [0.1, 0.15) is 18.7 Å². The van der Waals surface area contributed by atoms with E-state index >= 15 is 0 Å². The molecule has 2 aliphatic rings. The van der Waals surface area contributed by atoms with E-state index in [9.17, 15) is 9.59 Å². The second kappa shape index (κ2) is 7.98. The van der Waals surface area contributed by atoms with Crippen LogP contribution in [0, 0.1) is 0 Å². The van der Waals surface area contributed by atoms with E-state index in [1.807, 2.05) is 22.9 Å². The summed E-state index contributed by atoms with van der Waals surface area (Å²) in [6, 6.07) is 4.25. The van der Waals surface area contributed by atoms with Crippen LogP contribution in [-0.4, -0.2) is 52.7 Å². The van der Waals surface area contributed by atoms with Crippen molar-refractivity contribution in [1.29, 1.82) is 0 Å². The first-order chi connectivity index (χ1) is 14.2. The van der Waals surface area contributed by atoms with Crippen LogP contribution in [0.15, 0.2) is 27.7 Å². The molecule has 0 spiro atoms. The van der Waals surface area contributed by atoms with Crippen molar-refractivity contribution in [1.82, 2.24) is 19.8 Å². The summed E-state index contributed by atoms with van der Waals surface area (Å²) in [6.07, 6.45) is 2.04. The topological polar surface area (TPSA) is 76.5 Å². The number of nitrogens with one attached hydrogen (secondary N) is 1. The lowest BCUT2D eigenvalue weighted by atomic mass is 10.2. The Morgan fingerprint density at radius 2 is 2.10 bits per heavy atom. The molecule has 3 aromatic rings. The molecule has 4 heterocycles. The van der Waals surface area contributed by atoms with Gasteiger partial charge in [0, 0.05) is 35.0 Å². The highest BCUT2D eigenvalue weighted by Crippen LogP contribution is 2.33. The van der Waals surface area contributed by atoms with E-state index in [-0.39, 0.29) is 24.1 Å². The van der Waals surface area contributed by atoms with Gasteiger partial charge in [0.1, 0.15) is 17.2 Å². The summed E-state index contributed by atoms with van der Waals surface area (Å²) in [5.74, 6) is 0.529. The molecule has 0 atom stereocenters. The maximum Gasteiger partial charge on any atom is 0.263 e. The van der Waals surface area contributed by atoms with Crippen molar-refractivity contribution < 1.29 is 9.53 Å². The molecule has 1 amide bonds. The third-order valence-electron chi connectivity index (χ3n) is 5.27. The van der Waals surface area contributed by atoms with Gasteiger partial charge in [-0.25, -0.2) is 4.98 Å². The zero-order chi connectivity index (χ0) is 19.8. The molecule has 5 rings (SSSR count). The van der Waals surface area contributed by atoms with Crippen LogP contribution >= 0.6 is 22.7 Å². The van der Waals surface area contributed by atoms with Gasteiger partial charge in [-0.15, -0.1) is 22.7 Å². The Balaban J connectivity index is 1.56. The van der Waals surface area contributed by atoms with E-state index in [4.69, 9.17) is 9.72 Å². The molecule has 29 heavy (non-hydrogen) atoms. The largest absolute Gasteiger partial charge is 0.379 e. The lowest BCUT2D eigenvalue weighted by molar-refractivity contribution is -0.121. The number of amides is 1. The summed E-state index contributed by atoms with van der Waals surface area (Å²) in [4.78, 5) is 34.9. The van der Waals surface area contributed by atoms with Crippen molar-refractivity contribution in [3.8, 4) is 10.4 Å². The first-order valence-electron chi connectivity index (χ1n) is 9.83. The summed E-state index contributed by atoms with van der Waals surface area (Å²) < 4.78 is 7.00. The Kier molecular flexibility index (Phi) is 5.21. The number of fused-ring (bicyclic) bond motifs is 1. The average Bonchev–Trinajstić information content (AvgIpc) is 3.18. The van der Waals surface area contributed by atoms with Crippen molar-refractivity contribution in [2.45, 2.75) is 32.0 Å². The summed E-state index contributed by atoms with van der Waals surface area (Å²) >= 11 is 3.09. The number of aromatic nitrogens is 2. The van der Waals surface area contributed by atoms with Crippen LogP contribution in [-0.2, 0) is 22.6 Å². The van der Waals surface area contributed by atoms with Gasteiger partial charge in [-0.05, 0) is 24.3 Å². The summed E-state index contributed by atoms with van der Waals surface area (Å²) in [5.41, 5.74) is 0.778. The van der Waals surface area contributed by atoms with E-state index < -0.39 is 0 Å². The first-order valence-corrected chi connectivity index (χ1v) is 11.6. The molecule has 0 unspecified atom stereocenters. The highest BCUT2D eigenvalue weighted by Gasteiger charge is 2.25. The SMILES string of the molecule is O=C(Cn1c(CN2CCOCC2)nc2scc(-c3cccs3)c2c1=O)NC1CC1. The fraction of sp³-hybridized carbons (Fsp3) is 0.450. The molecule has 0 radical (unpaired) electrons. The predicted molar refractivity (Wildman–Crippen MR) is 114 cm³/mol. The number of thiophene rings is 2. The van der Waals surface area contributed by atoms with Gasteiger partial charge >= 0.3 is 0 Å². The quantitative estimate of drug-likeness (QED) is 0.649. The third kappa shape index (κ3) is 4.00. The molecule has 1 aliphatic heterocycles. The summed E-state index contributed by atoms with van der Waals surface area (Å²) in [7, 11) is 0. The fourth-order valence-electron chi connectivity index (χ4n) is 3.57. The van der Waals surface area contributed by atoms with Crippen LogP contribution in [0.4, 0.5) is 0 Å². The standard InChI is InChI=1S/C20H22N4O3S2/c25-17(21-13-3-4-13)11-24-16(10-23-5-7-27-8-6-23)22-19-18(20(24)26)14(12-29-19)15-2-1-9-28-15/h1-2,9,12-13H,3-8,10-11H2,(H,21,25). The second-order valence-electron chi connectivity index (χ2n) is 7.46. The molecule has 3 aromatic heterocycles. The Bertz CT molecular complexity index is 1080. The maximum atomic E-state index is 13.5. The van der Waals surface area contributed by atoms with Gasteiger partial charge in [-0.3, -0.25) is 19.1 Å². The number of hydrogen-bond donors (Lipinski definition) is 1. The van der Waals surface area contributed by atoms with Gasteiger partial charge in [0.05, 0.1) is 25.1 Å². The molecule has 152 valence electrons. The average molecular weight is 431 g/mol. The minimum Gasteiger partial charge on any atom is -0.379 e. The molecular formula is C20H22N4O3S2. The normalized spacial score (nSPS) is 17.7. The van der Waals surface area contributed by atoms with E-state index in [0.717, 1.165) is 41.2 Å². The van der Waals surface area contributed by atoms with Crippen LogP contribution in [0.25, 0.3) is 20.7 Å². The Morgan fingerprint density at radius 1 is 1.28 bits per heavy atom. The van der Waals surface area contributed by atoms with Crippen molar-refractivity contribution >= 4 is 38.8 Å². The highest BCUT2D eigenvalue weighted by molar-refractivity contribution is 7.18. The lowest BCUT2D eigenvalue weighted by Crippen LogP contribution is -2.40. The van der Waals surface area contributed by atoms with Gasteiger partial charge in [-0.2, -0.15) is 0 Å². The van der Waals surface area contributed by atoms with Crippen molar-refractivity contribution in [2.24, 2.45) is 0 Å². The fourth-order valence-corrected chi connectivity index (χ4v) is 5.34. The smallest absolute Gasteiger partial charge is 0.263 e. The maximum absolute atomic E-state index is 13.5. The van der Waals surface area contributed by atoms with Gasteiger partial charge < -0.3 is 10.1 Å². The molecule has 1 saturated carbocycles. The van der Waals surface area contributed by atoms with E-state index in [2.05, 4.69) is 10.2 Å². The third-order valence-corrected chi connectivity index (χ3v) is 7.05. The summed E-state index contributed by atoms with van der Waals surface area (Å²) in [6.45, 7) is 3.50. The molecule has 1 aliphatic carbocycles. The van der Waals surface area contributed by atoms with Crippen molar-refractivity contribution in [2.75, 3.05) is 26.3 Å². The number of carbonyl (C=O) groups is 1. The molecule has 0 aromatic carbocycles. The van der Waals surface area contributed by atoms with Crippen molar-refractivity contribution in [3.05, 3.63) is 39.1 Å². The number of carbonyl (C=O) groups excluding carboxylic acids is 1. The molecular weight excluding hydrogens is 408 g/mol. The van der Waals surface area contributed by atoms with Crippen LogP contribution < -0.4 is 10.9 Å². The van der Waals surface area contributed by atoms with Crippen LogP contribution in [0.2, 0.25) is 0 Å². The van der Waals surface area contributed by atoms with E-state index in [1.54, 1.807) is 15.9 Å². The van der Waals surface area contributed by atoms with E-state index in [1.165, 1.54) is 11.3 Å². The highest BCUT2D eigenvalue weighted by atomic mass is 32.1. The molecule has 1 N–H and O–H groups in total. The monoisotopic (exact) mass is 430 g/mol. The van der Waals surface area contributed by atoms with Gasteiger partial charge in [-0.1, -0.05) is 6.07 Å². The Morgan fingerprint density at radius 3 is 2.83 bits per heavy atom. The molecule has 7 nitrogen and oxygen atoms in total. The number of rotatable bonds is 6. The number of hydrogen-bond acceptors (Lipinski definition) is 7. The Hall–Kier alpha value is -2.07. The number of morpholine rings is 1. The van der Waals surface area contributed by atoms with Gasteiger partial charge in [0.2, 0.25) is 5.91 Å². The van der Waals surface area contributed by atoms with E-state index in [0.29, 0.717) is 31.0 Å². The molecule has 2 fully saturated rings. The minimum absolute atomic E-state index is 0.0116. The van der Waals surface area contributed by atoms with Gasteiger partial charge in [0.25, 0.3) is 5.56 Å². The predicted octanol–water partition coefficient (Wildman–Crippen LogP) is 2.30.